The summed E-state index contributed by atoms with van der Waals surface area (Å²) in [4.78, 5) is 60.6. The van der Waals surface area contributed by atoms with Crippen LogP contribution in [0.5, 0.6) is 5.75 Å². The van der Waals surface area contributed by atoms with Gasteiger partial charge in [0.1, 0.15) is 11.8 Å². The molecule has 4 aromatic rings. The molecule has 0 saturated heterocycles. The monoisotopic (exact) mass is 646 g/mol. The zero-order chi connectivity index (χ0) is 33.1. The lowest BCUT2D eigenvalue weighted by Crippen LogP contribution is -2.48. The third-order valence-electron chi connectivity index (χ3n) is 7.86. The number of benzene rings is 2. The second-order valence-electron chi connectivity index (χ2n) is 11.3. The van der Waals surface area contributed by atoms with Crippen LogP contribution in [0.2, 0.25) is 5.02 Å². The number of nitrogens with one attached hydrogen (secondary N) is 3. The fraction of sp³-hybridized carbons (Fsp3) is 0.343. The van der Waals surface area contributed by atoms with Crippen molar-refractivity contribution in [3.8, 4) is 5.75 Å². The molecule has 46 heavy (non-hydrogen) atoms. The number of rotatable bonds is 16. The number of carbonyl (C=O) groups excluding carboxylic acids is 4. The Kier molecular flexibility index (Phi) is 12.3. The zero-order valence-electron chi connectivity index (χ0n) is 25.9. The van der Waals surface area contributed by atoms with E-state index in [1.807, 2.05) is 6.92 Å². The summed E-state index contributed by atoms with van der Waals surface area (Å²) in [7, 11) is 1.25. The number of nitrogens with zero attached hydrogens (tertiary/aromatic N) is 1. The van der Waals surface area contributed by atoms with Crippen molar-refractivity contribution in [1.82, 2.24) is 20.6 Å². The maximum absolute atomic E-state index is 14.0. The molecule has 2 amide bonds. The van der Waals surface area contributed by atoms with Gasteiger partial charge in [0, 0.05) is 66.1 Å². The lowest BCUT2D eigenvalue weighted by molar-refractivity contribution is -0.145. The minimum Gasteiger partial charge on any atom is -0.508 e. The molecular weight excluding hydrogens is 608 g/mol. The third-order valence-corrected chi connectivity index (χ3v) is 8.11. The molecule has 0 radical (unpaired) electrons. The van der Waals surface area contributed by atoms with E-state index in [0.29, 0.717) is 11.4 Å². The van der Waals surface area contributed by atoms with Crippen LogP contribution in [-0.4, -0.2) is 57.8 Å². The minimum atomic E-state index is -0.994. The number of pyridine rings is 1. The Labute approximate surface area is 272 Å². The number of Topliss-reactive ketones (excluding diaryl/α,β-unsaturated/α-hetero) is 1. The largest absolute Gasteiger partial charge is 0.508 e. The van der Waals surface area contributed by atoms with Gasteiger partial charge in [0.15, 0.2) is 5.78 Å². The van der Waals surface area contributed by atoms with E-state index in [-0.39, 0.29) is 49.5 Å². The molecule has 0 bridgehead atoms. The molecule has 0 saturated carbocycles. The Hall–Kier alpha value is -4.70. The summed E-state index contributed by atoms with van der Waals surface area (Å²) in [6.07, 6.45) is 7.00. The van der Waals surface area contributed by atoms with Crippen LogP contribution in [0.1, 0.15) is 49.3 Å². The van der Waals surface area contributed by atoms with Gasteiger partial charge in [-0.25, -0.2) is 4.79 Å². The number of phenolic OH excluding ortho intramolecular Hbond substituents is 1. The second-order valence-corrected chi connectivity index (χ2v) is 11.7. The van der Waals surface area contributed by atoms with Gasteiger partial charge in [-0.3, -0.25) is 19.4 Å². The number of carbonyl (C=O) groups is 4. The number of hydrogen-bond donors (Lipinski definition) is 4. The van der Waals surface area contributed by atoms with Crippen molar-refractivity contribution < 1.29 is 29.0 Å². The Balaban J connectivity index is 1.61. The van der Waals surface area contributed by atoms with Crippen molar-refractivity contribution >= 4 is 46.1 Å². The highest BCUT2D eigenvalue weighted by molar-refractivity contribution is 6.30. The van der Waals surface area contributed by atoms with E-state index in [0.717, 1.165) is 34.0 Å². The Morgan fingerprint density at radius 2 is 1.65 bits per heavy atom. The molecule has 11 heteroatoms. The van der Waals surface area contributed by atoms with Gasteiger partial charge in [-0.05, 0) is 72.0 Å². The quantitative estimate of drug-likeness (QED) is 0.127. The summed E-state index contributed by atoms with van der Waals surface area (Å²) >= 11 is 6.09. The molecule has 2 heterocycles. The molecule has 0 aliphatic heterocycles. The summed E-state index contributed by atoms with van der Waals surface area (Å²) < 4.78 is 4.98. The molecule has 4 N–H and O–H groups in total. The number of aromatic nitrogens is 2. The van der Waals surface area contributed by atoms with Crippen LogP contribution in [-0.2, 0) is 43.2 Å². The standard InChI is InChI=1S/C35H39ClN4O6/c1-3-4-5-33(43)39-30(18-25-21-38-29-11-10-27(41)20-28(25)29)32(42)19-24(16-22-6-8-26(36)9-7-22)34(44)40-31(35(45)46-2)17-23-12-14-37-15-13-23/h6-15,20-21,24,30-31,38,41H,3-5,16-19H2,1-2H3,(H,39,43)(H,40,44)/t24-,30+,31+/m1/s1. The van der Waals surface area contributed by atoms with Crippen molar-refractivity contribution in [3.05, 3.63) is 94.9 Å². The first-order chi connectivity index (χ1) is 22.2. The molecule has 2 aromatic carbocycles. The van der Waals surface area contributed by atoms with E-state index >= 15 is 0 Å². The number of hydrogen-bond acceptors (Lipinski definition) is 7. The number of unbranched alkanes of at least 4 members (excludes halogenated alkanes) is 1. The third kappa shape index (κ3) is 9.65. The highest BCUT2D eigenvalue weighted by atomic mass is 35.5. The predicted molar refractivity (Wildman–Crippen MR) is 175 cm³/mol. The number of aromatic hydroxyl groups is 1. The second kappa shape index (κ2) is 16.6. The molecule has 0 aliphatic rings. The number of fused-ring (bicyclic) bond motifs is 1. The van der Waals surface area contributed by atoms with E-state index in [4.69, 9.17) is 16.3 Å². The Bertz CT molecular complexity index is 1640. The van der Waals surface area contributed by atoms with E-state index in [1.165, 1.54) is 7.11 Å². The molecule has 2 aromatic heterocycles. The van der Waals surface area contributed by atoms with Crippen LogP contribution < -0.4 is 10.6 Å². The van der Waals surface area contributed by atoms with Crippen molar-refractivity contribution in [2.45, 2.75) is 64.0 Å². The maximum atomic E-state index is 14.0. The summed E-state index contributed by atoms with van der Waals surface area (Å²) in [5.74, 6) is -2.51. The molecule has 0 spiro atoms. The van der Waals surface area contributed by atoms with Crippen molar-refractivity contribution in [2.24, 2.45) is 5.92 Å². The highest BCUT2D eigenvalue weighted by Gasteiger charge is 2.31. The Morgan fingerprint density at radius 1 is 0.935 bits per heavy atom. The van der Waals surface area contributed by atoms with E-state index in [2.05, 4.69) is 20.6 Å². The molecule has 3 atom stereocenters. The number of halogens is 1. The number of esters is 1. The van der Waals surface area contributed by atoms with Crippen LogP contribution in [0, 0.1) is 5.92 Å². The average molecular weight is 647 g/mol. The summed E-state index contributed by atoms with van der Waals surface area (Å²) in [6, 6.07) is 13.4. The average Bonchev–Trinajstić information content (AvgIpc) is 3.45. The normalized spacial score (nSPS) is 13.0. The molecule has 0 unspecified atom stereocenters. The van der Waals surface area contributed by atoms with E-state index in [1.54, 1.807) is 73.2 Å². The van der Waals surface area contributed by atoms with Gasteiger partial charge in [-0.1, -0.05) is 37.1 Å². The first kappa shape index (κ1) is 34.2. The fourth-order valence-corrected chi connectivity index (χ4v) is 5.46. The molecule has 0 aliphatic carbocycles. The summed E-state index contributed by atoms with van der Waals surface area (Å²) in [5.41, 5.74) is 3.06. The number of phenols is 1. The lowest BCUT2D eigenvalue weighted by Gasteiger charge is -2.24. The minimum absolute atomic E-state index is 0.0785. The van der Waals surface area contributed by atoms with Crippen molar-refractivity contribution in [1.29, 1.82) is 0 Å². The van der Waals surface area contributed by atoms with Gasteiger partial charge in [-0.15, -0.1) is 0 Å². The van der Waals surface area contributed by atoms with Gasteiger partial charge in [-0.2, -0.15) is 0 Å². The van der Waals surface area contributed by atoms with Gasteiger partial charge < -0.3 is 25.5 Å². The maximum Gasteiger partial charge on any atom is 0.328 e. The van der Waals surface area contributed by atoms with Crippen molar-refractivity contribution in [3.63, 3.8) is 0 Å². The fourth-order valence-electron chi connectivity index (χ4n) is 5.33. The lowest BCUT2D eigenvalue weighted by atomic mass is 9.89. The summed E-state index contributed by atoms with van der Waals surface area (Å²) in [5, 5.41) is 17.0. The molecule has 4 rings (SSSR count). The molecule has 0 fully saturated rings. The Morgan fingerprint density at radius 3 is 2.35 bits per heavy atom. The number of ketones is 1. The van der Waals surface area contributed by atoms with Gasteiger partial charge in [0.25, 0.3) is 0 Å². The first-order valence-corrected chi connectivity index (χ1v) is 15.7. The van der Waals surface area contributed by atoms with Crippen molar-refractivity contribution in [2.75, 3.05) is 7.11 Å². The predicted octanol–water partition coefficient (Wildman–Crippen LogP) is 4.86. The van der Waals surface area contributed by atoms with Crippen LogP contribution in [0.3, 0.4) is 0 Å². The van der Waals surface area contributed by atoms with Gasteiger partial charge in [0.2, 0.25) is 11.8 Å². The molecule has 242 valence electrons. The van der Waals surface area contributed by atoms with E-state index in [9.17, 15) is 24.3 Å². The summed E-state index contributed by atoms with van der Waals surface area (Å²) in [6.45, 7) is 1.98. The van der Waals surface area contributed by atoms with Crippen LogP contribution >= 0.6 is 11.6 Å². The number of H-pyrrole nitrogens is 1. The SMILES string of the molecule is CCCCC(=O)N[C@@H](Cc1c[nH]c2ccc(O)cc12)C(=O)C[C@@H](Cc1ccc(Cl)cc1)C(=O)N[C@@H](Cc1ccncc1)C(=O)OC. The van der Waals surface area contributed by atoms with Crippen LogP contribution in [0.25, 0.3) is 10.9 Å². The topological polar surface area (TPSA) is 150 Å². The number of amides is 2. The first-order valence-electron chi connectivity index (χ1n) is 15.3. The van der Waals surface area contributed by atoms with Gasteiger partial charge >= 0.3 is 5.97 Å². The zero-order valence-corrected chi connectivity index (χ0v) is 26.7. The number of aromatic amines is 1. The number of methoxy groups -OCH3 is 1. The smallest absolute Gasteiger partial charge is 0.328 e. The van der Waals surface area contributed by atoms with Crippen LogP contribution in [0.15, 0.2) is 73.2 Å². The molecular formula is C35H39ClN4O6. The van der Waals surface area contributed by atoms with E-state index < -0.39 is 29.9 Å². The van der Waals surface area contributed by atoms with Gasteiger partial charge in [0.05, 0.1) is 13.2 Å². The van der Waals surface area contributed by atoms with Crippen LogP contribution in [0.4, 0.5) is 0 Å². The molecule has 10 nitrogen and oxygen atoms in total. The number of ether oxygens (including phenoxy) is 1. The highest BCUT2D eigenvalue weighted by Crippen LogP contribution is 2.25.